The lowest BCUT2D eigenvalue weighted by molar-refractivity contribution is -0.0498. The van der Waals surface area contributed by atoms with Crippen molar-refractivity contribution in [1.29, 1.82) is 0 Å². The van der Waals surface area contributed by atoms with Crippen LogP contribution in [0.1, 0.15) is 18.4 Å². The van der Waals surface area contributed by atoms with Gasteiger partial charge in [0, 0.05) is 24.5 Å². The molecule has 0 saturated carbocycles. The number of benzene rings is 1. The first-order chi connectivity index (χ1) is 13.6. The third-order valence-electron chi connectivity index (χ3n) is 4.91. The highest BCUT2D eigenvalue weighted by Crippen LogP contribution is 2.26. The number of piperidine rings is 1. The Kier molecular flexibility index (Phi) is 5.36. The maximum Gasteiger partial charge on any atom is 0.387 e. The lowest BCUT2D eigenvalue weighted by atomic mass is 10.1. The molecule has 3 heterocycles. The fourth-order valence-corrected chi connectivity index (χ4v) is 3.45. The number of alkyl halides is 2. The predicted octanol–water partition coefficient (Wildman–Crippen LogP) is 3.00. The number of hydrogen-bond acceptors (Lipinski definition) is 6. The topological polar surface area (TPSA) is 80.7 Å². The molecule has 148 valence electrons. The fourth-order valence-electron chi connectivity index (χ4n) is 3.45. The first-order valence-electron chi connectivity index (χ1n) is 9.19. The van der Waals surface area contributed by atoms with E-state index in [-0.39, 0.29) is 5.75 Å². The van der Waals surface area contributed by atoms with Gasteiger partial charge in [-0.1, -0.05) is 0 Å². The lowest BCUT2D eigenvalue weighted by Crippen LogP contribution is -2.39. The smallest absolute Gasteiger partial charge is 0.387 e. The van der Waals surface area contributed by atoms with E-state index in [4.69, 9.17) is 5.73 Å². The number of ether oxygens (including phenoxy) is 1. The molecule has 0 spiro atoms. The molecule has 0 aliphatic carbocycles. The SMILES string of the molecule is NC1CCN(Cc2ccn3ncnc(Nc4ccc(OC(F)F)cc4)c23)CC1. The van der Waals surface area contributed by atoms with Crippen molar-refractivity contribution in [2.24, 2.45) is 5.73 Å². The number of halogens is 2. The highest BCUT2D eigenvalue weighted by molar-refractivity contribution is 5.76. The van der Waals surface area contributed by atoms with E-state index in [0.29, 0.717) is 11.9 Å². The summed E-state index contributed by atoms with van der Waals surface area (Å²) in [6, 6.07) is 8.66. The second-order valence-electron chi connectivity index (χ2n) is 6.88. The van der Waals surface area contributed by atoms with E-state index in [9.17, 15) is 8.78 Å². The molecule has 0 bridgehead atoms. The highest BCUT2D eigenvalue weighted by atomic mass is 19.3. The molecule has 2 aromatic heterocycles. The van der Waals surface area contributed by atoms with E-state index in [0.717, 1.165) is 49.2 Å². The van der Waals surface area contributed by atoms with Gasteiger partial charge < -0.3 is 15.8 Å². The fraction of sp³-hybridized carbons (Fsp3) is 0.368. The first-order valence-corrected chi connectivity index (χ1v) is 9.19. The normalized spacial score (nSPS) is 16.0. The largest absolute Gasteiger partial charge is 0.435 e. The van der Waals surface area contributed by atoms with Crippen LogP contribution in [0.25, 0.3) is 5.52 Å². The van der Waals surface area contributed by atoms with Crippen LogP contribution in [0.4, 0.5) is 20.3 Å². The van der Waals surface area contributed by atoms with E-state index >= 15 is 0 Å². The molecular weight excluding hydrogens is 366 g/mol. The van der Waals surface area contributed by atoms with Gasteiger partial charge in [-0.2, -0.15) is 13.9 Å². The van der Waals surface area contributed by atoms with Gasteiger partial charge in [0.25, 0.3) is 0 Å². The molecule has 0 amide bonds. The summed E-state index contributed by atoms with van der Waals surface area (Å²) in [6.07, 6.45) is 5.39. The monoisotopic (exact) mass is 388 g/mol. The van der Waals surface area contributed by atoms with Crippen LogP contribution in [0.15, 0.2) is 42.9 Å². The van der Waals surface area contributed by atoms with Crippen LogP contribution in [0, 0.1) is 0 Å². The molecule has 1 aliphatic heterocycles. The minimum absolute atomic E-state index is 0.111. The van der Waals surface area contributed by atoms with E-state index in [1.54, 1.807) is 16.6 Å². The lowest BCUT2D eigenvalue weighted by Gasteiger charge is -2.29. The second kappa shape index (κ2) is 8.07. The van der Waals surface area contributed by atoms with E-state index in [1.165, 1.54) is 18.5 Å². The Bertz CT molecular complexity index is 922. The van der Waals surface area contributed by atoms with Crippen molar-refractivity contribution < 1.29 is 13.5 Å². The molecule has 1 aliphatic rings. The molecule has 1 saturated heterocycles. The Morgan fingerprint density at radius 3 is 2.64 bits per heavy atom. The van der Waals surface area contributed by atoms with Gasteiger partial charge in [0.05, 0.1) is 0 Å². The molecule has 1 aromatic carbocycles. The van der Waals surface area contributed by atoms with Crippen molar-refractivity contribution in [3.8, 4) is 5.75 Å². The van der Waals surface area contributed by atoms with Gasteiger partial charge in [-0.25, -0.2) is 9.50 Å². The minimum atomic E-state index is -2.84. The van der Waals surface area contributed by atoms with Crippen molar-refractivity contribution >= 4 is 17.0 Å². The van der Waals surface area contributed by atoms with Gasteiger partial charge in [-0.3, -0.25) is 4.90 Å². The number of nitrogens with zero attached hydrogens (tertiary/aromatic N) is 4. The van der Waals surface area contributed by atoms with Crippen LogP contribution in [0.2, 0.25) is 0 Å². The Hall–Kier alpha value is -2.78. The van der Waals surface area contributed by atoms with Crippen LogP contribution in [-0.4, -0.2) is 45.2 Å². The zero-order valence-corrected chi connectivity index (χ0v) is 15.3. The van der Waals surface area contributed by atoms with Crippen molar-refractivity contribution in [1.82, 2.24) is 19.5 Å². The molecule has 1 fully saturated rings. The summed E-state index contributed by atoms with van der Waals surface area (Å²) in [4.78, 5) is 6.76. The van der Waals surface area contributed by atoms with Crippen LogP contribution in [-0.2, 0) is 6.54 Å². The van der Waals surface area contributed by atoms with Crippen molar-refractivity contribution in [2.75, 3.05) is 18.4 Å². The number of anilines is 2. The Labute approximate surface area is 161 Å². The number of nitrogens with one attached hydrogen (secondary N) is 1. The van der Waals surface area contributed by atoms with Gasteiger partial charge in [-0.05, 0) is 61.8 Å². The van der Waals surface area contributed by atoms with Crippen molar-refractivity contribution in [3.63, 3.8) is 0 Å². The summed E-state index contributed by atoms with van der Waals surface area (Å²) >= 11 is 0. The Morgan fingerprint density at radius 1 is 1.18 bits per heavy atom. The van der Waals surface area contributed by atoms with Crippen LogP contribution in [0.3, 0.4) is 0 Å². The predicted molar refractivity (Wildman–Crippen MR) is 102 cm³/mol. The van der Waals surface area contributed by atoms with Crippen LogP contribution < -0.4 is 15.8 Å². The molecule has 3 N–H and O–H groups in total. The maximum absolute atomic E-state index is 12.3. The summed E-state index contributed by atoms with van der Waals surface area (Å²) in [6.45, 7) is -0.0963. The minimum Gasteiger partial charge on any atom is -0.435 e. The molecule has 9 heteroatoms. The quantitative estimate of drug-likeness (QED) is 0.676. The van der Waals surface area contributed by atoms with Gasteiger partial charge in [-0.15, -0.1) is 0 Å². The summed E-state index contributed by atoms with van der Waals surface area (Å²) in [5.74, 6) is 0.770. The van der Waals surface area contributed by atoms with E-state index in [2.05, 4.69) is 25.0 Å². The molecule has 0 radical (unpaired) electrons. The summed E-state index contributed by atoms with van der Waals surface area (Å²) in [7, 11) is 0. The number of fused-ring (bicyclic) bond motifs is 1. The van der Waals surface area contributed by atoms with Gasteiger partial charge in [0.2, 0.25) is 0 Å². The average Bonchev–Trinajstić information content (AvgIpc) is 3.09. The second-order valence-corrected chi connectivity index (χ2v) is 6.88. The zero-order chi connectivity index (χ0) is 19.5. The third kappa shape index (κ3) is 4.20. The van der Waals surface area contributed by atoms with Gasteiger partial charge in [0.1, 0.15) is 17.6 Å². The molecule has 0 atom stereocenters. The maximum atomic E-state index is 12.3. The van der Waals surface area contributed by atoms with E-state index < -0.39 is 6.61 Å². The number of nitrogens with two attached hydrogens (primary N) is 1. The molecular formula is C19H22F2N6O. The molecule has 0 unspecified atom stereocenters. The van der Waals surface area contributed by atoms with Crippen LogP contribution in [0.5, 0.6) is 5.75 Å². The molecule has 3 aromatic rings. The third-order valence-corrected chi connectivity index (χ3v) is 4.91. The Morgan fingerprint density at radius 2 is 1.93 bits per heavy atom. The van der Waals surface area contributed by atoms with E-state index in [1.807, 2.05) is 12.3 Å². The summed E-state index contributed by atoms with van der Waals surface area (Å²) in [5.41, 5.74) is 8.73. The number of hydrogen-bond donors (Lipinski definition) is 2. The number of likely N-dealkylation sites (tertiary alicyclic amines) is 1. The van der Waals surface area contributed by atoms with Crippen LogP contribution >= 0.6 is 0 Å². The van der Waals surface area contributed by atoms with Crippen molar-refractivity contribution in [2.45, 2.75) is 32.0 Å². The van der Waals surface area contributed by atoms with Crippen molar-refractivity contribution in [3.05, 3.63) is 48.4 Å². The standard InChI is InChI=1S/C19H22F2N6O/c20-19(21)28-16-3-1-15(2-4-16)25-18-17-13(5-10-27(17)24-12-23-18)11-26-8-6-14(22)7-9-26/h1-5,10,12,14,19H,6-9,11,22H2,(H,23,24,25). The highest BCUT2D eigenvalue weighted by Gasteiger charge is 2.19. The Balaban J connectivity index is 1.54. The summed E-state index contributed by atoms with van der Waals surface area (Å²) in [5, 5.41) is 7.52. The zero-order valence-electron chi connectivity index (χ0n) is 15.3. The van der Waals surface area contributed by atoms with Gasteiger partial charge in [0.15, 0.2) is 5.82 Å². The number of aromatic nitrogens is 3. The molecule has 4 rings (SSSR count). The molecule has 28 heavy (non-hydrogen) atoms. The first kappa shape index (κ1) is 18.6. The number of rotatable bonds is 6. The average molecular weight is 388 g/mol. The van der Waals surface area contributed by atoms with Gasteiger partial charge >= 0.3 is 6.61 Å². The molecule has 7 nitrogen and oxygen atoms in total. The summed E-state index contributed by atoms with van der Waals surface area (Å²) < 4.78 is 30.8.